The van der Waals surface area contributed by atoms with E-state index in [0.717, 1.165) is 0 Å². The normalized spacial score (nSPS) is 13.8. The molecular weight excluding hydrogens is 501 g/mol. The first-order valence-corrected chi connectivity index (χ1v) is 11.1. The quantitative estimate of drug-likeness (QED) is 0.147. The summed E-state index contributed by atoms with van der Waals surface area (Å²) >= 11 is 0. The first-order valence-electron chi connectivity index (χ1n) is 11.1. The van der Waals surface area contributed by atoms with Gasteiger partial charge in [-0.25, -0.2) is 43.9 Å². The van der Waals surface area contributed by atoms with Crippen LogP contribution in [0.2, 0.25) is 0 Å². The zero-order valence-electron chi connectivity index (χ0n) is 18.9. The Kier molecular flexibility index (Phi) is 8.73. The van der Waals surface area contributed by atoms with Crippen molar-refractivity contribution in [3.63, 3.8) is 0 Å². The number of allylic oxidation sites excluding steroid dienone is 6. The second-order valence-corrected chi connectivity index (χ2v) is 8.29. The van der Waals surface area contributed by atoms with Crippen molar-refractivity contribution >= 4 is 17.6 Å². The Morgan fingerprint density at radius 1 is 0.667 bits per heavy atom. The van der Waals surface area contributed by atoms with E-state index in [0.29, 0.717) is 12.8 Å². The molecular formula is C25H19BF10. The lowest BCUT2D eigenvalue weighted by molar-refractivity contribution is 0.382. The molecule has 2 aromatic rings. The van der Waals surface area contributed by atoms with E-state index in [1.807, 2.05) is 12.2 Å². The maximum atomic E-state index is 14.9. The van der Waals surface area contributed by atoms with E-state index in [4.69, 9.17) is 0 Å². The molecule has 0 amide bonds. The molecule has 0 unspecified atom stereocenters. The van der Waals surface area contributed by atoms with Gasteiger partial charge in [0, 0.05) is 10.9 Å². The van der Waals surface area contributed by atoms with Gasteiger partial charge in [-0.1, -0.05) is 49.2 Å². The average molecular weight is 520 g/mol. The SMILES string of the molecule is CCC/C=C(\CCCC1C=CC=C1)B(c1c(F)c(F)c(F)c(F)c1F)c1c(F)c(F)c(F)c(F)c1F. The molecule has 0 nitrogen and oxygen atoms in total. The second-order valence-electron chi connectivity index (χ2n) is 8.29. The average Bonchev–Trinajstić information content (AvgIpc) is 3.39. The van der Waals surface area contributed by atoms with Gasteiger partial charge in [-0.3, -0.25) is 0 Å². The van der Waals surface area contributed by atoms with Gasteiger partial charge in [0.1, 0.15) is 0 Å². The summed E-state index contributed by atoms with van der Waals surface area (Å²) in [7, 11) is 0. The maximum Gasteiger partial charge on any atom is 0.252 e. The summed E-state index contributed by atoms with van der Waals surface area (Å²) < 4.78 is 143. The number of hydrogen-bond donors (Lipinski definition) is 0. The molecule has 0 bridgehead atoms. The summed E-state index contributed by atoms with van der Waals surface area (Å²) in [5, 5.41) is 0. The highest BCUT2D eigenvalue weighted by Crippen LogP contribution is 2.26. The van der Waals surface area contributed by atoms with Crippen molar-refractivity contribution in [1.82, 2.24) is 0 Å². The Bertz CT molecular complexity index is 1110. The smallest absolute Gasteiger partial charge is 0.204 e. The Balaban J connectivity index is 2.29. The lowest BCUT2D eigenvalue weighted by atomic mass is 9.35. The zero-order chi connectivity index (χ0) is 26.7. The summed E-state index contributed by atoms with van der Waals surface area (Å²) in [5.74, 6) is -24.4. The highest BCUT2D eigenvalue weighted by molar-refractivity contribution is 6.91. The standard InChI is InChI=1S/C25H19BF10/c1-2-3-10-13(11-6-9-12-7-4-5-8-12)26(14-16(27)20(31)24(35)21(32)17(14)28)15-18(29)22(33)25(36)23(34)19(15)30/h4-5,7-8,10,12H,2-3,6,9,11H2,1H3/b13-10+. The van der Waals surface area contributed by atoms with Gasteiger partial charge in [0.05, 0.1) is 0 Å². The Morgan fingerprint density at radius 3 is 1.44 bits per heavy atom. The van der Waals surface area contributed by atoms with Crippen LogP contribution in [0.1, 0.15) is 39.0 Å². The lowest BCUT2D eigenvalue weighted by Crippen LogP contribution is -2.52. The lowest BCUT2D eigenvalue weighted by Gasteiger charge is -2.23. The van der Waals surface area contributed by atoms with Gasteiger partial charge in [-0.05, 0) is 31.6 Å². The Morgan fingerprint density at radius 2 is 1.06 bits per heavy atom. The minimum absolute atomic E-state index is 0.0285. The second kappa shape index (κ2) is 11.4. The van der Waals surface area contributed by atoms with Gasteiger partial charge in [-0.2, -0.15) is 0 Å². The molecule has 0 aliphatic heterocycles. The van der Waals surface area contributed by atoms with Crippen LogP contribution in [0.3, 0.4) is 0 Å². The molecule has 11 heteroatoms. The molecule has 0 saturated heterocycles. The third-order valence-corrected chi connectivity index (χ3v) is 5.96. The van der Waals surface area contributed by atoms with Crippen LogP contribution in [0.15, 0.2) is 35.9 Å². The predicted molar refractivity (Wildman–Crippen MR) is 116 cm³/mol. The largest absolute Gasteiger partial charge is 0.252 e. The van der Waals surface area contributed by atoms with E-state index in [1.54, 1.807) is 19.1 Å². The summed E-state index contributed by atoms with van der Waals surface area (Å²) in [6.45, 7) is -0.797. The molecule has 0 heterocycles. The van der Waals surface area contributed by atoms with Crippen molar-refractivity contribution in [3.05, 3.63) is 94.0 Å². The Hall–Kier alpha value is -2.98. The Labute approximate surface area is 201 Å². The molecule has 2 aromatic carbocycles. The summed E-state index contributed by atoms with van der Waals surface area (Å²) in [5.41, 5.74) is -3.63. The van der Waals surface area contributed by atoms with E-state index in [2.05, 4.69) is 0 Å². The van der Waals surface area contributed by atoms with E-state index < -0.39 is 75.8 Å². The minimum atomic E-state index is -2.52. The van der Waals surface area contributed by atoms with Crippen molar-refractivity contribution in [2.24, 2.45) is 5.92 Å². The molecule has 0 fully saturated rings. The first kappa shape index (κ1) is 27.6. The predicted octanol–water partition coefficient (Wildman–Crippen LogP) is 6.86. The van der Waals surface area contributed by atoms with Crippen LogP contribution >= 0.6 is 0 Å². The van der Waals surface area contributed by atoms with Crippen LogP contribution in [0.4, 0.5) is 43.9 Å². The van der Waals surface area contributed by atoms with Crippen LogP contribution in [0, 0.1) is 64.1 Å². The fourth-order valence-corrected chi connectivity index (χ4v) is 4.17. The molecule has 0 saturated carbocycles. The third kappa shape index (κ3) is 5.10. The fourth-order valence-electron chi connectivity index (χ4n) is 4.17. The highest BCUT2D eigenvalue weighted by Gasteiger charge is 2.41. The number of unbranched alkanes of at least 4 members (excludes halogenated alkanes) is 1. The zero-order valence-corrected chi connectivity index (χ0v) is 18.9. The van der Waals surface area contributed by atoms with Crippen molar-refractivity contribution in [3.8, 4) is 0 Å². The molecule has 1 aliphatic carbocycles. The van der Waals surface area contributed by atoms with Gasteiger partial charge in [0.25, 0.3) is 6.71 Å². The molecule has 1 aliphatic rings. The monoisotopic (exact) mass is 520 g/mol. The van der Waals surface area contributed by atoms with Crippen molar-refractivity contribution in [2.75, 3.05) is 0 Å². The van der Waals surface area contributed by atoms with Gasteiger partial charge in [0.2, 0.25) is 0 Å². The highest BCUT2D eigenvalue weighted by atomic mass is 19.2. The molecule has 0 aromatic heterocycles. The van der Waals surface area contributed by atoms with Crippen molar-refractivity contribution < 1.29 is 43.9 Å². The maximum absolute atomic E-state index is 14.9. The summed E-state index contributed by atoms with van der Waals surface area (Å²) in [4.78, 5) is 0. The molecule has 0 radical (unpaired) electrons. The van der Waals surface area contributed by atoms with E-state index in [-0.39, 0.29) is 30.7 Å². The fraction of sp³-hybridized carbons (Fsp3) is 0.280. The number of benzene rings is 2. The molecule has 0 N–H and O–H groups in total. The van der Waals surface area contributed by atoms with Crippen LogP contribution in [-0.4, -0.2) is 6.71 Å². The van der Waals surface area contributed by atoms with Crippen LogP contribution in [0.5, 0.6) is 0 Å². The van der Waals surface area contributed by atoms with Gasteiger partial charge in [0.15, 0.2) is 58.2 Å². The van der Waals surface area contributed by atoms with Gasteiger partial charge >= 0.3 is 0 Å². The van der Waals surface area contributed by atoms with Crippen LogP contribution in [0.25, 0.3) is 0 Å². The number of halogens is 10. The van der Waals surface area contributed by atoms with E-state index in [9.17, 15) is 43.9 Å². The third-order valence-electron chi connectivity index (χ3n) is 5.96. The minimum Gasteiger partial charge on any atom is -0.204 e. The first-order chi connectivity index (χ1) is 17.0. The molecule has 36 heavy (non-hydrogen) atoms. The van der Waals surface area contributed by atoms with Crippen LogP contribution in [-0.2, 0) is 0 Å². The summed E-state index contributed by atoms with van der Waals surface area (Å²) in [6.07, 6.45) is 9.49. The molecule has 192 valence electrons. The topological polar surface area (TPSA) is 0 Å². The van der Waals surface area contributed by atoms with Crippen molar-refractivity contribution in [2.45, 2.75) is 39.0 Å². The molecule has 0 spiro atoms. The van der Waals surface area contributed by atoms with E-state index in [1.165, 1.54) is 6.08 Å². The molecule has 0 atom stereocenters. The summed E-state index contributed by atoms with van der Waals surface area (Å²) in [6, 6.07) is 0. The number of hydrogen-bond acceptors (Lipinski definition) is 0. The molecule has 3 rings (SSSR count). The van der Waals surface area contributed by atoms with Gasteiger partial charge < -0.3 is 0 Å². The van der Waals surface area contributed by atoms with E-state index >= 15 is 0 Å². The van der Waals surface area contributed by atoms with Crippen LogP contribution < -0.4 is 10.9 Å². The van der Waals surface area contributed by atoms with Crippen molar-refractivity contribution in [1.29, 1.82) is 0 Å². The number of rotatable bonds is 9. The van der Waals surface area contributed by atoms with Gasteiger partial charge in [-0.15, -0.1) is 0 Å².